The van der Waals surface area contributed by atoms with Gasteiger partial charge in [0.15, 0.2) is 0 Å². The van der Waals surface area contributed by atoms with Crippen LogP contribution >= 0.6 is 12.6 Å². The first-order valence-electron chi connectivity index (χ1n) is 3.74. The molecule has 2 aromatic carbocycles. The Morgan fingerprint density at radius 3 is 2.75 bits per heavy atom. The van der Waals surface area contributed by atoms with Gasteiger partial charge >= 0.3 is 0 Å². The van der Waals surface area contributed by atoms with Crippen molar-refractivity contribution in [1.82, 2.24) is 0 Å². The molecule has 0 saturated heterocycles. The van der Waals surface area contributed by atoms with E-state index in [0.717, 1.165) is 16.0 Å². The van der Waals surface area contributed by atoms with Crippen LogP contribution in [0.2, 0.25) is 0 Å². The van der Waals surface area contributed by atoms with E-state index in [1.54, 1.807) is 0 Å². The summed E-state index contributed by atoms with van der Waals surface area (Å²) in [4.78, 5) is 0.972. The van der Waals surface area contributed by atoms with Gasteiger partial charge in [-0.1, -0.05) is 18.2 Å². The highest BCUT2D eigenvalue weighted by atomic mass is 32.1. The standard InChI is InChI=1S/C10H9NS/c11-8-5-4-7-2-1-3-10(12)9(7)6-8/h1-6,12H,11H2. The van der Waals surface area contributed by atoms with E-state index >= 15 is 0 Å². The first-order valence-corrected chi connectivity index (χ1v) is 4.19. The van der Waals surface area contributed by atoms with Gasteiger partial charge in [-0.3, -0.25) is 0 Å². The van der Waals surface area contributed by atoms with Crippen molar-refractivity contribution in [2.24, 2.45) is 0 Å². The van der Waals surface area contributed by atoms with Crippen LogP contribution in [0.1, 0.15) is 0 Å². The highest BCUT2D eigenvalue weighted by Gasteiger charge is 1.96. The molecule has 0 unspecified atom stereocenters. The van der Waals surface area contributed by atoms with Crippen molar-refractivity contribution in [2.75, 3.05) is 5.73 Å². The van der Waals surface area contributed by atoms with E-state index < -0.39 is 0 Å². The fraction of sp³-hybridized carbons (Fsp3) is 0. The Morgan fingerprint density at radius 1 is 1.08 bits per heavy atom. The third kappa shape index (κ3) is 1.14. The summed E-state index contributed by atoms with van der Waals surface area (Å²) in [7, 11) is 0. The third-order valence-corrected chi connectivity index (χ3v) is 2.27. The van der Waals surface area contributed by atoms with Gasteiger partial charge in [-0.25, -0.2) is 0 Å². The molecule has 0 aromatic heterocycles. The Kier molecular flexibility index (Phi) is 1.70. The molecule has 60 valence electrons. The summed E-state index contributed by atoms with van der Waals surface area (Å²) in [6.07, 6.45) is 0. The molecule has 2 N–H and O–H groups in total. The lowest BCUT2D eigenvalue weighted by Crippen LogP contribution is -1.83. The zero-order valence-corrected chi connectivity index (χ0v) is 7.38. The molecule has 0 radical (unpaired) electrons. The van der Waals surface area contributed by atoms with Gasteiger partial charge in [0.2, 0.25) is 0 Å². The Labute approximate surface area is 76.6 Å². The number of fused-ring (bicyclic) bond motifs is 1. The summed E-state index contributed by atoms with van der Waals surface area (Å²) >= 11 is 4.34. The van der Waals surface area contributed by atoms with Crippen molar-refractivity contribution in [3.63, 3.8) is 0 Å². The molecule has 0 fully saturated rings. The second-order valence-electron chi connectivity index (χ2n) is 2.76. The van der Waals surface area contributed by atoms with E-state index in [0.29, 0.717) is 0 Å². The van der Waals surface area contributed by atoms with Crippen molar-refractivity contribution >= 4 is 29.1 Å². The zero-order valence-electron chi connectivity index (χ0n) is 6.49. The highest BCUT2D eigenvalue weighted by Crippen LogP contribution is 2.23. The maximum atomic E-state index is 5.66. The van der Waals surface area contributed by atoms with Gasteiger partial charge in [0.1, 0.15) is 0 Å². The average Bonchev–Trinajstić information content (AvgIpc) is 2.07. The molecule has 0 aliphatic heterocycles. The Hall–Kier alpha value is -1.15. The number of benzene rings is 2. The van der Waals surface area contributed by atoms with Crippen molar-refractivity contribution < 1.29 is 0 Å². The Balaban J connectivity index is 2.88. The average molecular weight is 175 g/mol. The predicted molar refractivity (Wildman–Crippen MR) is 55.6 cm³/mol. The van der Waals surface area contributed by atoms with E-state index in [-0.39, 0.29) is 0 Å². The zero-order chi connectivity index (χ0) is 8.55. The fourth-order valence-electron chi connectivity index (χ4n) is 1.27. The molecule has 0 heterocycles. The minimum atomic E-state index is 0.781. The van der Waals surface area contributed by atoms with Gasteiger partial charge in [0.05, 0.1) is 0 Å². The molecule has 0 atom stereocenters. The van der Waals surface area contributed by atoms with Gasteiger partial charge in [0, 0.05) is 10.6 Å². The van der Waals surface area contributed by atoms with E-state index in [1.807, 2.05) is 30.3 Å². The van der Waals surface area contributed by atoms with Crippen LogP contribution in [0.5, 0.6) is 0 Å². The molecule has 2 aromatic rings. The molecule has 1 nitrogen and oxygen atoms in total. The molecule has 2 rings (SSSR count). The van der Waals surface area contributed by atoms with Crippen molar-refractivity contribution in [3.05, 3.63) is 36.4 Å². The number of nitrogen functional groups attached to an aromatic ring is 1. The van der Waals surface area contributed by atoms with Gasteiger partial charge in [0.25, 0.3) is 0 Å². The normalized spacial score (nSPS) is 10.4. The molecule has 0 amide bonds. The van der Waals surface area contributed by atoms with E-state index in [2.05, 4.69) is 18.7 Å². The summed E-state index contributed by atoms with van der Waals surface area (Å²) < 4.78 is 0. The van der Waals surface area contributed by atoms with Crippen LogP contribution in [-0.2, 0) is 0 Å². The minimum absolute atomic E-state index is 0.781. The van der Waals surface area contributed by atoms with Gasteiger partial charge < -0.3 is 5.73 Å². The second-order valence-corrected chi connectivity index (χ2v) is 3.24. The van der Waals surface area contributed by atoms with Gasteiger partial charge in [-0.15, -0.1) is 12.6 Å². The van der Waals surface area contributed by atoms with E-state index in [4.69, 9.17) is 5.73 Å². The quantitative estimate of drug-likeness (QED) is 0.467. The van der Waals surface area contributed by atoms with Crippen molar-refractivity contribution in [3.8, 4) is 0 Å². The number of anilines is 1. The van der Waals surface area contributed by atoms with Crippen LogP contribution in [0.25, 0.3) is 10.8 Å². The molecule has 0 aliphatic rings. The molecule has 0 saturated carbocycles. The number of thiol groups is 1. The minimum Gasteiger partial charge on any atom is -0.399 e. The number of nitrogens with two attached hydrogens (primary N) is 1. The molecule has 2 heteroatoms. The first-order chi connectivity index (χ1) is 5.77. The van der Waals surface area contributed by atoms with E-state index in [9.17, 15) is 0 Å². The second kappa shape index (κ2) is 2.72. The number of hydrogen-bond acceptors (Lipinski definition) is 2. The lowest BCUT2D eigenvalue weighted by molar-refractivity contribution is 1.56. The summed E-state index contributed by atoms with van der Waals surface area (Å²) in [5, 5.41) is 2.29. The van der Waals surface area contributed by atoms with Crippen LogP contribution in [-0.4, -0.2) is 0 Å². The molecular formula is C10H9NS. The molecule has 0 aliphatic carbocycles. The van der Waals surface area contributed by atoms with Gasteiger partial charge in [-0.05, 0) is 29.0 Å². The van der Waals surface area contributed by atoms with Crippen LogP contribution in [0.3, 0.4) is 0 Å². The third-order valence-electron chi connectivity index (χ3n) is 1.88. The summed E-state index contributed by atoms with van der Waals surface area (Å²) in [6.45, 7) is 0. The lowest BCUT2D eigenvalue weighted by atomic mass is 10.1. The fourth-order valence-corrected chi connectivity index (χ4v) is 1.55. The predicted octanol–water partition coefficient (Wildman–Crippen LogP) is 2.71. The topological polar surface area (TPSA) is 26.0 Å². The van der Waals surface area contributed by atoms with Crippen LogP contribution in [0, 0.1) is 0 Å². The number of rotatable bonds is 0. The molecule has 0 bridgehead atoms. The Morgan fingerprint density at radius 2 is 1.92 bits per heavy atom. The van der Waals surface area contributed by atoms with Crippen LogP contribution in [0.15, 0.2) is 41.3 Å². The van der Waals surface area contributed by atoms with Crippen molar-refractivity contribution in [1.29, 1.82) is 0 Å². The maximum absolute atomic E-state index is 5.66. The molecule has 12 heavy (non-hydrogen) atoms. The maximum Gasteiger partial charge on any atom is 0.0320 e. The lowest BCUT2D eigenvalue weighted by Gasteiger charge is -2.01. The first kappa shape index (κ1) is 7.50. The van der Waals surface area contributed by atoms with Gasteiger partial charge in [-0.2, -0.15) is 0 Å². The monoisotopic (exact) mass is 175 g/mol. The Bertz CT molecular complexity index is 423. The summed E-state index contributed by atoms with van der Waals surface area (Å²) in [6, 6.07) is 11.8. The summed E-state index contributed by atoms with van der Waals surface area (Å²) in [5.74, 6) is 0. The van der Waals surface area contributed by atoms with Crippen LogP contribution < -0.4 is 5.73 Å². The smallest absolute Gasteiger partial charge is 0.0320 e. The number of hydrogen-bond donors (Lipinski definition) is 2. The molecule has 0 spiro atoms. The van der Waals surface area contributed by atoms with Crippen molar-refractivity contribution in [2.45, 2.75) is 4.90 Å². The van der Waals surface area contributed by atoms with Crippen LogP contribution in [0.4, 0.5) is 5.69 Å². The SMILES string of the molecule is Nc1ccc2cccc(S)c2c1. The summed E-state index contributed by atoms with van der Waals surface area (Å²) in [5.41, 5.74) is 6.44. The van der Waals surface area contributed by atoms with E-state index in [1.165, 1.54) is 5.39 Å². The highest BCUT2D eigenvalue weighted by molar-refractivity contribution is 7.80. The molecular weight excluding hydrogens is 166 g/mol. The largest absolute Gasteiger partial charge is 0.399 e.